The van der Waals surface area contributed by atoms with E-state index < -0.39 is 0 Å². The van der Waals surface area contributed by atoms with Crippen LogP contribution in [-0.4, -0.2) is 35.8 Å². The Kier molecular flexibility index (Phi) is 4.87. The van der Waals surface area contributed by atoms with E-state index in [0.717, 1.165) is 38.2 Å². The fourth-order valence-corrected chi connectivity index (χ4v) is 2.49. The Hall–Kier alpha value is -0.770. The van der Waals surface area contributed by atoms with Crippen LogP contribution in [0, 0.1) is 0 Å². The van der Waals surface area contributed by atoms with Gasteiger partial charge in [-0.15, -0.1) is 0 Å². The normalized spacial score (nSPS) is 19.6. The second-order valence-electron chi connectivity index (χ2n) is 4.75. The number of hydrogen-bond donors (Lipinski definition) is 1. The Bertz CT molecular complexity index is 391. The van der Waals surface area contributed by atoms with E-state index in [9.17, 15) is 5.11 Å². The number of rotatable bonds is 5. The maximum absolute atomic E-state index is 9.40. The predicted molar refractivity (Wildman–Crippen MR) is 73.0 cm³/mol. The maximum atomic E-state index is 9.40. The highest BCUT2D eigenvalue weighted by Gasteiger charge is 2.18. The molecule has 2 rings (SSSR count). The summed E-state index contributed by atoms with van der Waals surface area (Å²) in [4.78, 5) is 2.35. The molecule has 1 heterocycles. The van der Waals surface area contributed by atoms with Crippen LogP contribution in [-0.2, 0) is 11.3 Å². The quantitative estimate of drug-likeness (QED) is 0.892. The average Bonchev–Trinajstić information content (AvgIpc) is 2.86. The van der Waals surface area contributed by atoms with Gasteiger partial charge in [0.25, 0.3) is 0 Å². The highest BCUT2D eigenvalue weighted by atomic mass is 35.5. The van der Waals surface area contributed by atoms with Crippen molar-refractivity contribution in [3.8, 4) is 5.75 Å². The summed E-state index contributed by atoms with van der Waals surface area (Å²) >= 11 is 5.92. The molecule has 0 spiro atoms. The highest BCUT2D eigenvalue weighted by Crippen LogP contribution is 2.24. The molecule has 1 aromatic carbocycles. The first-order chi connectivity index (χ1) is 8.69. The average molecular weight is 270 g/mol. The molecule has 0 aliphatic carbocycles. The minimum absolute atomic E-state index is 0.141. The summed E-state index contributed by atoms with van der Waals surface area (Å²) in [6.45, 7) is 5.84. The number of aromatic hydroxyl groups is 1. The number of phenols is 1. The molecule has 0 aromatic heterocycles. The Morgan fingerprint density at radius 1 is 1.50 bits per heavy atom. The van der Waals surface area contributed by atoms with Gasteiger partial charge >= 0.3 is 0 Å². The molecule has 1 unspecified atom stereocenters. The lowest BCUT2D eigenvalue weighted by Crippen LogP contribution is -2.31. The molecule has 1 aromatic rings. The maximum Gasteiger partial charge on any atom is 0.134 e. The van der Waals surface area contributed by atoms with E-state index in [1.54, 1.807) is 6.07 Å². The monoisotopic (exact) mass is 269 g/mol. The fourth-order valence-electron chi connectivity index (χ4n) is 2.29. The third-order valence-corrected chi connectivity index (χ3v) is 3.65. The third kappa shape index (κ3) is 3.61. The third-order valence-electron chi connectivity index (χ3n) is 3.35. The van der Waals surface area contributed by atoms with Gasteiger partial charge in [-0.2, -0.15) is 0 Å². The van der Waals surface area contributed by atoms with Crippen LogP contribution in [0.25, 0.3) is 0 Å². The summed E-state index contributed by atoms with van der Waals surface area (Å²) in [6.07, 6.45) is 2.71. The van der Waals surface area contributed by atoms with Gasteiger partial charge in [-0.1, -0.05) is 24.6 Å². The van der Waals surface area contributed by atoms with Crippen molar-refractivity contribution in [1.29, 1.82) is 0 Å². The van der Waals surface area contributed by atoms with E-state index in [-0.39, 0.29) is 5.75 Å². The number of phenolic OH excluding ortho intramolecular Hbond substituents is 1. The van der Waals surface area contributed by atoms with Crippen LogP contribution in [0.15, 0.2) is 18.2 Å². The number of nitrogens with zero attached hydrogens (tertiary/aromatic N) is 1. The van der Waals surface area contributed by atoms with Gasteiger partial charge in [0.05, 0.1) is 11.1 Å². The summed E-state index contributed by atoms with van der Waals surface area (Å²) in [6, 6.07) is 5.39. The van der Waals surface area contributed by atoms with Crippen molar-refractivity contribution < 1.29 is 9.84 Å². The van der Waals surface area contributed by atoms with Crippen molar-refractivity contribution in [2.75, 3.05) is 19.7 Å². The first-order valence-electron chi connectivity index (χ1n) is 6.50. The molecule has 3 nitrogen and oxygen atoms in total. The lowest BCUT2D eigenvalue weighted by atomic mass is 10.1. The summed E-state index contributed by atoms with van der Waals surface area (Å²) in [5.41, 5.74) is 1.12. The molecule has 0 bridgehead atoms. The number of hydrogen-bond acceptors (Lipinski definition) is 3. The van der Waals surface area contributed by atoms with Gasteiger partial charge in [0.15, 0.2) is 0 Å². The zero-order chi connectivity index (χ0) is 13.0. The summed E-state index contributed by atoms with van der Waals surface area (Å²) in [7, 11) is 0. The van der Waals surface area contributed by atoms with E-state index in [2.05, 4.69) is 11.8 Å². The number of ether oxygens (including phenoxy) is 1. The molecule has 0 amide bonds. The van der Waals surface area contributed by atoms with E-state index in [0.29, 0.717) is 11.1 Å². The van der Waals surface area contributed by atoms with Crippen molar-refractivity contribution in [3.05, 3.63) is 28.8 Å². The highest BCUT2D eigenvalue weighted by molar-refractivity contribution is 6.32. The lowest BCUT2D eigenvalue weighted by molar-refractivity contribution is 0.0725. The molecule has 18 heavy (non-hydrogen) atoms. The van der Waals surface area contributed by atoms with Crippen LogP contribution >= 0.6 is 11.6 Å². The van der Waals surface area contributed by atoms with Gasteiger partial charge in [0, 0.05) is 19.7 Å². The van der Waals surface area contributed by atoms with Crippen molar-refractivity contribution in [3.63, 3.8) is 0 Å². The van der Waals surface area contributed by atoms with Gasteiger partial charge in [-0.25, -0.2) is 0 Å². The van der Waals surface area contributed by atoms with Gasteiger partial charge in [-0.05, 0) is 37.1 Å². The number of benzene rings is 1. The van der Waals surface area contributed by atoms with Crippen molar-refractivity contribution in [1.82, 2.24) is 4.90 Å². The standard InChI is InChI=1S/C14H20ClNO2/c1-2-16(10-12-4-3-7-18-12)9-11-5-6-14(17)13(15)8-11/h5-6,8,12,17H,2-4,7,9-10H2,1H3. The smallest absolute Gasteiger partial charge is 0.134 e. The summed E-state index contributed by atoms with van der Waals surface area (Å²) < 4.78 is 5.66. The molecule has 100 valence electrons. The Morgan fingerprint density at radius 2 is 2.33 bits per heavy atom. The Balaban J connectivity index is 1.94. The Morgan fingerprint density at radius 3 is 2.94 bits per heavy atom. The Labute approximate surface area is 113 Å². The predicted octanol–water partition coefficient (Wildman–Crippen LogP) is 3.05. The molecule has 0 radical (unpaired) electrons. The zero-order valence-electron chi connectivity index (χ0n) is 10.7. The molecular weight excluding hydrogens is 250 g/mol. The van der Waals surface area contributed by atoms with Crippen LogP contribution in [0.2, 0.25) is 5.02 Å². The fraction of sp³-hybridized carbons (Fsp3) is 0.571. The number of likely N-dealkylation sites (N-methyl/N-ethyl adjacent to an activating group) is 1. The van der Waals surface area contributed by atoms with Crippen LogP contribution in [0.5, 0.6) is 5.75 Å². The van der Waals surface area contributed by atoms with Gasteiger partial charge in [0.1, 0.15) is 5.75 Å². The molecule has 1 aliphatic heterocycles. The van der Waals surface area contributed by atoms with E-state index >= 15 is 0 Å². The van der Waals surface area contributed by atoms with E-state index in [1.807, 2.05) is 12.1 Å². The van der Waals surface area contributed by atoms with Gasteiger partial charge in [0.2, 0.25) is 0 Å². The van der Waals surface area contributed by atoms with Crippen molar-refractivity contribution >= 4 is 11.6 Å². The minimum Gasteiger partial charge on any atom is -0.506 e. The van der Waals surface area contributed by atoms with E-state index in [4.69, 9.17) is 16.3 Å². The summed E-state index contributed by atoms with van der Waals surface area (Å²) in [5, 5.41) is 9.82. The number of halogens is 1. The molecule has 4 heteroatoms. The molecule has 1 fully saturated rings. The second-order valence-corrected chi connectivity index (χ2v) is 5.16. The molecule has 1 aliphatic rings. The zero-order valence-corrected chi connectivity index (χ0v) is 11.5. The summed E-state index contributed by atoms with van der Waals surface area (Å²) in [5.74, 6) is 0.141. The molecule has 1 N–H and O–H groups in total. The van der Waals surface area contributed by atoms with Crippen LogP contribution in [0.1, 0.15) is 25.3 Å². The SMILES string of the molecule is CCN(Cc1ccc(O)c(Cl)c1)CC1CCCO1. The van der Waals surface area contributed by atoms with Crippen molar-refractivity contribution in [2.24, 2.45) is 0 Å². The second kappa shape index (κ2) is 6.41. The molecule has 1 atom stereocenters. The largest absolute Gasteiger partial charge is 0.506 e. The topological polar surface area (TPSA) is 32.7 Å². The van der Waals surface area contributed by atoms with Gasteiger partial charge < -0.3 is 9.84 Å². The first kappa shape index (κ1) is 13.7. The minimum atomic E-state index is 0.141. The van der Waals surface area contributed by atoms with Crippen molar-refractivity contribution in [2.45, 2.75) is 32.4 Å². The van der Waals surface area contributed by atoms with E-state index in [1.165, 1.54) is 6.42 Å². The van der Waals surface area contributed by atoms with Crippen LogP contribution in [0.3, 0.4) is 0 Å². The van der Waals surface area contributed by atoms with Crippen LogP contribution in [0.4, 0.5) is 0 Å². The first-order valence-corrected chi connectivity index (χ1v) is 6.88. The molecular formula is C14H20ClNO2. The molecule has 1 saturated heterocycles. The van der Waals surface area contributed by atoms with Gasteiger partial charge in [-0.3, -0.25) is 4.90 Å². The molecule has 0 saturated carbocycles. The lowest BCUT2D eigenvalue weighted by Gasteiger charge is -2.23. The van der Waals surface area contributed by atoms with Crippen LogP contribution < -0.4 is 0 Å².